The molecule has 2 amide bonds. The number of hydrogen-bond acceptors (Lipinski definition) is 6. The zero-order chi connectivity index (χ0) is 37.1. The molecule has 3 N–H and O–H groups in total. The molecule has 0 aromatic rings. The van der Waals surface area contributed by atoms with Crippen LogP contribution in [0.1, 0.15) is 139 Å². The molecule has 6 aliphatic carbocycles. The average molecular weight is 718 g/mol. The maximum absolute atomic E-state index is 14.2. The van der Waals surface area contributed by atoms with E-state index in [4.69, 9.17) is 11.6 Å². The highest BCUT2D eigenvalue weighted by molar-refractivity contribution is 6.18. The van der Waals surface area contributed by atoms with E-state index in [0.29, 0.717) is 12.3 Å². The number of ketones is 1. The van der Waals surface area contributed by atoms with Crippen LogP contribution in [0.25, 0.3) is 0 Å². The van der Waals surface area contributed by atoms with Crippen molar-refractivity contribution in [3.63, 3.8) is 0 Å². The van der Waals surface area contributed by atoms with Crippen LogP contribution in [-0.2, 0) is 9.59 Å². The standard InChI is InChI=1S/C30H46O4.C10H18ClN3O2/c1-25(2)21-8-11-30(7)23(28(21,5)10-9-22(25)32)20(31)16-18-19-17-27(4,24(33)34)13-12-26(19,3)14-15-29(18,30)6;1-8-2-4-9(5-3-8)12-10(15)14(13-16)7-6-11/h16,19,21-23,32H,8-15,17H2,1-7H3,(H,33,34);8-9H,2-7H2,1H3,(H,12,15). The number of alkyl halides is 1. The lowest BCUT2D eigenvalue weighted by Gasteiger charge is -2.70. The summed E-state index contributed by atoms with van der Waals surface area (Å²) in [6, 6.07) is -0.265. The van der Waals surface area contributed by atoms with Gasteiger partial charge in [-0.3, -0.25) is 9.59 Å². The predicted octanol–water partition coefficient (Wildman–Crippen LogP) is 8.91. The number of allylic oxidation sites excluding steroid dienone is 2. The number of aliphatic carboxylic acids is 1. The Morgan fingerprint density at radius 1 is 0.940 bits per heavy atom. The van der Waals surface area contributed by atoms with Crippen molar-refractivity contribution < 1.29 is 24.6 Å². The number of aliphatic hydroxyl groups excluding tert-OH is 1. The number of rotatable bonds is 5. The third kappa shape index (κ3) is 6.36. The molecule has 6 rings (SSSR count). The fraction of sp³-hybridized carbons (Fsp3) is 0.875. The van der Waals surface area contributed by atoms with Gasteiger partial charge in [-0.1, -0.05) is 54.0 Å². The Kier molecular flexibility index (Phi) is 10.8. The first-order valence-corrected chi connectivity index (χ1v) is 19.9. The molecule has 9 unspecified atom stereocenters. The lowest BCUT2D eigenvalue weighted by atomic mass is 9.33. The Morgan fingerprint density at radius 3 is 2.18 bits per heavy atom. The highest BCUT2D eigenvalue weighted by Crippen LogP contribution is 2.75. The fourth-order valence-electron chi connectivity index (χ4n) is 12.3. The first-order valence-electron chi connectivity index (χ1n) is 19.4. The van der Waals surface area contributed by atoms with E-state index in [1.54, 1.807) is 0 Å². The maximum Gasteiger partial charge on any atom is 0.340 e. The van der Waals surface area contributed by atoms with Crippen molar-refractivity contribution in [1.82, 2.24) is 10.3 Å². The summed E-state index contributed by atoms with van der Waals surface area (Å²) in [7, 11) is 0. The number of fused-ring (bicyclic) bond motifs is 7. The van der Waals surface area contributed by atoms with Gasteiger partial charge in [0.15, 0.2) is 5.78 Å². The largest absolute Gasteiger partial charge is 0.481 e. The first-order chi connectivity index (χ1) is 23.2. The number of nitrogens with one attached hydrogen (secondary N) is 1. The summed E-state index contributed by atoms with van der Waals surface area (Å²) >= 11 is 5.46. The fourth-order valence-corrected chi connectivity index (χ4v) is 12.4. The van der Waals surface area contributed by atoms with Crippen LogP contribution < -0.4 is 5.32 Å². The highest BCUT2D eigenvalue weighted by atomic mass is 35.5. The minimum Gasteiger partial charge on any atom is -0.481 e. The van der Waals surface area contributed by atoms with Gasteiger partial charge < -0.3 is 15.5 Å². The third-order valence-electron chi connectivity index (χ3n) is 16.0. The number of carboxylic acids is 1. The Labute approximate surface area is 305 Å². The maximum atomic E-state index is 14.2. The number of aliphatic hydroxyl groups is 1. The smallest absolute Gasteiger partial charge is 0.340 e. The van der Waals surface area contributed by atoms with Crippen LogP contribution >= 0.6 is 11.6 Å². The third-order valence-corrected chi connectivity index (χ3v) is 16.2. The first kappa shape index (κ1) is 39.2. The number of halogens is 1. The molecule has 0 aliphatic heterocycles. The van der Waals surface area contributed by atoms with Gasteiger partial charge in [0.2, 0.25) is 0 Å². The Hall–Kier alpha value is -2.00. The van der Waals surface area contributed by atoms with Gasteiger partial charge in [0.1, 0.15) is 0 Å². The van der Waals surface area contributed by atoms with E-state index in [1.165, 1.54) is 5.57 Å². The zero-order valence-corrected chi connectivity index (χ0v) is 32.7. The summed E-state index contributed by atoms with van der Waals surface area (Å²) in [5, 5.41) is 27.2. The quantitative estimate of drug-likeness (QED) is 0.148. The SMILES string of the molecule is CC1(C(=O)O)CCC2(C)CCC3(C)C(=CC(=O)C4C5(C)CCC(O)C(C)(C)C5CCC43C)C2C1.CC1CCC(NC(=O)N(CCCl)N=O)CC1. The van der Waals surface area contributed by atoms with Gasteiger partial charge >= 0.3 is 12.0 Å². The molecular weight excluding hydrogens is 654 g/mol. The highest BCUT2D eigenvalue weighted by Gasteiger charge is 2.70. The molecular formula is C40H64ClN3O6. The number of urea groups is 1. The van der Waals surface area contributed by atoms with E-state index in [0.717, 1.165) is 88.0 Å². The second kappa shape index (κ2) is 13.8. The molecule has 0 saturated heterocycles. The summed E-state index contributed by atoms with van der Waals surface area (Å²) < 4.78 is 0. The Bertz CT molecular complexity index is 1380. The van der Waals surface area contributed by atoms with Gasteiger partial charge in [0.25, 0.3) is 0 Å². The topological polar surface area (TPSA) is 136 Å². The molecule has 282 valence electrons. The molecule has 9 atom stereocenters. The summed E-state index contributed by atoms with van der Waals surface area (Å²) in [5.74, 6) is 1.00. The number of amides is 2. The van der Waals surface area contributed by atoms with Crippen LogP contribution in [-0.4, -0.2) is 57.6 Å². The average Bonchev–Trinajstić information content (AvgIpc) is 3.05. The molecule has 5 saturated carbocycles. The summed E-state index contributed by atoms with van der Waals surface area (Å²) in [6.07, 6.45) is 14.1. The van der Waals surface area contributed by atoms with Crippen molar-refractivity contribution in [2.45, 2.75) is 151 Å². The van der Waals surface area contributed by atoms with Gasteiger partial charge in [0.05, 0.1) is 23.3 Å². The molecule has 0 bridgehead atoms. The van der Waals surface area contributed by atoms with Crippen molar-refractivity contribution in [3.8, 4) is 0 Å². The predicted molar refractivity (Wildman–Crippen MR) is 196 cm³/mol. The number of carboxylic acid groups (broad SMARTS) is 1. The van der Waals surface area contributed by atoms with E-state index in [9.17, 15) is 29.5 Å². The number of nitrogens with zero attached hydrogens (tertiary/aromatic N) is 2. The summed E-state index contributed by atoms with van der Waals surface area (Å²) in [4.78, 5) is 48.4. The second-order valence-electron chi connectivity index (χ2n) is 19.2. The van der Waals surface area contributed by atoms with E-state index in [2.05, 4.69) is 59.1 Å². The van der Waals surface area contributed by atoms with Crippen molar-refractivity contribution in [2.75, 3.05) is 12.4 Å². The molecule has 50 heavy (non-hydrogen) atoms. The molecule has 6 aliphatic rings. The Balaban J connectivity index is 0.000000256. The number of nitroso groups, excluding NO2 is 1. The monoisotopic (exact) mass is 717 g/mol. The van der Waals surface area contributed by atoms with Crippen LogP contribution in [0.15, 0.2) is 16.9 Å². The lowest BCUT2D eigenvalue weighted by Crippen LogP contribution is -2.66. The Morgan fingerprint density at radius 2 is 1.58 bits per heavy atom. The van der Waals surface area contributed by atoms with Gasteiger partial charge in [-0.2, -0.15) is 5.01 Å². The van der Waals surface area contributed by atoms with Gasteiger partial charge in [-0.25, -0.2) is 4.79 Å². The molecule has 0 spiro atoms. The van der Waals surface area contributed by atoms with E-state index >= 15 is 0 Å². The van der Waals surface area contributed by atoms with Gasteiger partial charge in [-0.05, 0) is 141 Å². The van der Waals surface area contributed by atoms with Crippen LogP contribution in [0.5, 0.6) is 0 Å². The summed E-state index contributed by atoms with van der Waals surface area (Å²) in [6.45, 7) is 18.2. The van der Waals surface area contributed by atoms with Crippen LogP contribution in [0.4, 0.5) is 4.79 Å². The molecule has 0 radical (unpaired) electrons. The van der Waals surface area contributed by atoms with Crippen molar-refractivity contribution >= 4 is 29.4 Å². The molecule has 0 aromatic carbocycles. The molecule has 0 heterocycles. The van der Waals surface area contributed by atoms with Gasteiger partial charge in [0, 0.05) is 17.8 Å². The lowest BCUT2D eigenvalue weighted by molar-refractivity contribution is -0.202. The molecule has 9 nitrogen and oxygen atoms in total. The van der Waals surface area contributed by atoms with E-state index in [1.807, 2.05) is 13.0 Å². The van der Waals surface area contributed by atoms with E-state index < -0.39 is 17.4 Å². The number of carbonyl (C=O) groups excluding carboxylic acids is 2. The molecule has 5 fully saturated rings. The van der Waals surface area contributed by atoms with Crippen molar-refractivity contribution in [3.05, 3.63) is 16.6 Å². The number of carbonyl (C=O) groups is 3. The molecule has 0 aromatic heterocycles. The van der Waals surface area contributed by atoms with Crippen LogP contribution in [0, 0.1) is 61.1 Å². The second-order valence-corrected chi connectivity index (χ2v) is 19.6. The van der Waals surface area contributed by atoms with Crippen LogP contribution in [0.3, 0.4) is 0 Å². The minimum atomic E-state index is -0.711. The normalized spacial score (nSPS) is 44.8. The van der Waals surface area contributed by atoms with Crippen molar-refractivity contribution in [1.29, 1.82) is 0 Å². The number of hydrogen-bond donors (Lipinski definition) is 3. The van der Waals surface area contributed by atoms with Crippen molar-refractivity contribution in [2.24, 2.45) is 61.4 Å². The van der Waals surface area contributed by atoms with E-state index in [-0.39, 0.29) is 69.3 Å². The minimum absolute atomic E-state index is 0.0296. The zero-order valence-electron chi connectivity index (χ0n) is 31.9. The molecule has 10 heteroatoms. The van der Waals surface area contributed by atoms with Crippen LogP contribution in [0.2, 0.25) is 0 Å². The van der Waals surface area contributed by atoms with Gasteiger partial charge in [-0.15, -0.1) is 16.5 Å². The summed E-state index contributed by atoms with van der Waals surface area (Å²) in [5.41, 5.74) is 0.142.